The first kappa shape index (κ1) is 7.73. The van der Waals surface area contributed by atoms with Crippen molar-refractivity contribution in [3.05, 3.63) is 0 Å². The average Bonchev–Trinajstić information content (AvgIpc) is 2.36. The molecule has 4 heteroatoms. The summed E-state index contributed by atoms with van der Waals surface area (Å²) < 4.78 is 0. The van der Waals surface area contributed by atoms with Gasteiger partial charge in [0, 0.05) is 12.5 Å². The van der Waals surface area contributed by atoms with Gasteiger partial charge in [-0.25, -0.2) is 0 Å². The zero-order chi connectivity index (χ0) is 8.55. The van der Waals surface area contributed by atoms with Crippen molar-refractivity contribution < 1.29 is 10.0 Å². The molecule has 3 heterocycles. The standard InChI is InChI=1S/C8H12N2O2/c11-8-6-1-3-10(4-2-6)5-7(8)9-12/h6,12H,1-5H2/b9-7+. The second kappa shape index (κ2) is 2.86. The highest BCUT2D eigenvalue weighted by Gasteiger charge is 2.33. The summed E-state index contributed by atoms with van der Waals surface area (Å²) in [6, 6.07) is 0. The number of hydrogen-bond donors (Lipinski definition) is 1. The van der Waals surface area contributed by atoms with Crippen LogP contribution >= 0.6 is 0 Å². The lowest BCUT2D eigenvalue weighted by Crippen LogP contribution is -2.31. The van der Waals surface area contributed by atoms with E-state index in [-0.39, 0.29) is 11.7 Å². The fourth-order valence-electron chi connectivity index (χ4n) is 1.96. The molecule has 3 rings (SSSR count). The molecule has 0 spiro atoms. The minimum atomic E-state index is 0.0532. The molecule has 0 aliphatic carbocycles. The fourth-order valence-corrected chi connectivity index (χ4v) is 1.96. The number of piperidine rings is 1. The lowest BCUT2D eigenvalue weighted by Gasteiger charge is -2.24. The van der Waals surface area contributed by atoms with Gasteiger partial charge in [-0.05, 0) is 25.9 Å². The maximum Gasteiger partial charge on any atom is 0.184 e. The van der Waals surface area contributed by atoms with Gasteiger partial charge in [0.15, 0.2) is 5.78 Å². The highest BCUT2D eigenvalue weighted by atomic mass is 16.4. The van der Waals surface area contributed by atoms with Gasteiger partial charge in [-0.2, -0.15) is 0 Å². The maximum absolute atomic E-state index is 11.5. The lowest BCUT2D eigenvalue weighted by atomic mass is 9.94. The van der Waals surface area contributed by atoms with E-state index in [0.29, 0.717) is 12.3 Å². The van der Waals surface area contributed by atoms with Crippen LogP contribution in [0.2, 0.25) is 0 Å². The topological polar surface area (TPSA) is 52.9 Å². The van der Waals surface area contributed by atoms with Gasteiger partial charge >= 0.3 is 0 Å². The summed E-state index contributed by atoms with van der Waals surface area (Å²) in [5.74, 6) is 0.173. The fraction of sp³-hybridized carbons (Fsp3) is 0.750. The van der Waals surface area contributed by atoms with E-state index in [2.05, 4.69) is 10.1 Å². The van der Waals surface area contributed by atoms with Gasteiger partial charge in [0.1, 0.15) is 5.71 Å². The molecule has 0 aromatic carbocycles. The Kier molecular flexibility index (Phi) is 1.84. The second-order valence-electron chi connectivity index (χ2n) is 3.46. The number of carbonyl (C=O) groups excluding carboxylic acids is 1. The van der Waals surface area contributed by atoms with Crippen molar-refractivity contribution in [2.45, 2.75) is 12.8 Å². The molecule has 0 atom stereocenters. The molecule has 3 aliphatic rings. The summed E-state index contributed by atoms with van der Waals surface area (Å²) in [4.78, 5) is 13.7. The predicted octanol–water partition coefficient (Wildman–Crippen LogP) is 0.111. The van der Waals surface area contributed by atoms with Crippen LogP contribution in [0, 0.1) is 5.92 Å². The third-order valence-electron chi connectivity index (χ3n) is 2.74. The Morgan fingerprint density at radius 2 is 2.08 bits per heavy atom. The van der Waals surface area contributed by atoms with Gasteiger partial charge in [-0.15, -0.1) is 0 Å². The van der Waals surface area contributed by atoms with Gasteiger partial charge < -0.3 is 5.21 Å². The van der Waals surface area contributed by atoms with E-state index in [0.717, 1.165) is 25.9 Å². The van der Waals surface area contributed by atoms with Gasteiger partial charge in [-0.3, -0.25) is 9.69 Å². The Bertz CT molecular complexity index is 229. The minimum Gasteiger partial charge on any atom is -0.411 e. The van der Waals surface area contributed by atoms with E-state index in [1.54, 1.807) is 0 Å². The molecule has 0 saturated carbocycles. The summed E-state index contributed by atoms with van der Waals surface area (Å²) >= 11 is 0. The molecule has 3 aliphatic heterocycles. The molecule has 2 bridgehead atoms. The Balaban J connectivity index is 2.27. The first-order valence-electron chi connectivity index (χ1n) is 4.29. The van der Waals surface area contributed by atoms with Crippen molar-refractivity contribution in [3.63, 3.8) is 0 Å². The van der Waals surface area contributed by atoms with Crippen molar-refractivity contribution in [2.75, 3.05) is 19.6 Å². The summed E-state index contributed by atoms with van der Waals surface area (Å²) in [6.45, 7) is 2.47. The van der Waals surface area contributed by atoms with Crippen molar-refractivity contribution in [2.24, 2.45) is 11.1 Å². The second-order valence-corrected chi connectivity index (χ2v) is 3.46. The van der Waals surface area contributed by atoms with Gasteiger partial charge in [0.05, 0.1) is 0 Å². The molecule has 3 fully saturated rings. The highest BCUT2D eigenvalue weighted by molar-refractivity contribution is 6.41. The summed E-state index contributed by atoms with van der Waals surface area (Å²) in [5, 5.41) is 11.6. The molecular weight excluding hydrogens is 156 g/mol. The average molecular weight is 168 g/mol. The third-order valence-corrected chi connectivity index (χ3v) is 2.74. The number of rotatable bonds is 0. The SMILES string of the molecule is O=C1/C(=N/O)CN2CCC1CC2. The van der Waals surface area contributed by atoms with Crippen LogP contribution in [-0.2, 0) is 4.79 Å². The lowest BCUT2D eigenvalue weighted by molar-refractivity contribution is -0.117. The number of ketones is 1. The van der Waals surface area contributed by atoms with Crippen LogP contribution in [-0.4, -0.2) is 41.2 Å². The number of oxime groups is 1. The van der Waals surface area contributed by atoms with Crippen LogP contribution in [0.3, 0.4) is 0 Å². The van der Waals surface area contributed by atoms with Crippen molar-refractivity contribution in [1.29, 1.82) is 0 Å². The molecule has 0 unspecified atom stereocenters. The molecule has 12 heavy (non-hydrogen) atoms. The maximum atomic E-state index is 11.5. The molecule has 0 aromatic rings. The van der Waals surface area contributed by atoms with Crippen LogP contribution in [0.4, 0.5) is 0 Å². The zero-order valence-corrected chi connectivity index (χ0v) is 6.86. The van der Waals surface area contributed by atoms with E-state index in [1.807, 2.05) is 0 Å². The summed E-state index contributed by atoms with van der Waals surface area (Å²) in [5.41, 5.74) is 0.343. The molecule has 0 aromatic heterocycles. The monoisotopic (exact) mass is 168 g/mol. The molecule has 4 nitrogen and oxygen atoms in total. The highest BCUT2D eigenvalue weighted by Crippen LogP contribution is 2.22. The molecule has 66 valence electrons. The van der Waals surface area contributed by atoms with Crippen LogP contribution in [0.15, 0.2) is 5.16 Å². The van der Waals surface area contributed by atoms with E-state index in [1.165, 1.54) is 0 Å². The number of nitrogens with zero attached hydrogens (tertiary/aromatic N) is 2. The molecular formula is C8H12N2O2. The van der Waals surface area contributed by atoms with Crippen LogP contribution < -0.4 is 0 Å². The first-order chi connectivity index (χ1) is 5.81. The van der Waals surface area contributed by atoms with Gasteiger partial charge in [0.25, 0.3) is 0 Å². The predicted molar refractivity (Wildman–Crippen MR) is 43.4 cm³/mol. The minimum absolute atomic E-state index is 0.0532. The van der Waals surface area contributed by atoms with Crippen LogP contribution in [0.1, 0.15) is 12.8 Å². The van der Waals surface area contributed by atoms with Crippen molar-refractivity contribution in [1.82, 2.24) is 4.90 Å². The van der Waals surface area contributed by atoms with Crippen molar-refractivity contribution in [3.8, 4) is 0 Å². The number of Topliss-reactive ketones (excluding diaryl/α,β-unsaturated/α-hetero) is 1. The largest absolute Gasteiger partial charge is 0.411 e. The Hall–Kier alpha value is -0.900. The van der Waals surface area contributed by atoms with E-state index in [4.69, 9.17) is 5.21 Å². The summed E-state index contributed by atoms with van der Waals surface area (Å²) in [7, 11) is 0. The third kappa shape index (κ3) is 1.12. The number of carbonyl (C=O) groups is 1. The van der Waals surface area contributed by atoms with Crippen LogP contribution in [0.25, 0.3) is 0 Å². The van der Waals surface area contributed by atoms with E-state index < -0.39 is 0 Å². The zero-order valence-electron chi connectivity index (χ0n) is 6.86. The Morgan fingerprint density at radius 1 is 1.42 bits per heavy atom. The molecule has 0 amide bonds. The quantitative estimate of drug-likeness (QED) is 0.412. The Morgan fingerprint density at radius 3 is 2.67 bits per heavy atom. The molecule has 0 radical (unpaired) electrons. The van der Waals surface area contributed by atoms with Crippen LogP contribution in [0.5, 0.6) is 0 Å². The van der Waals surface area contributed by atoms with E-state index in [9.17, 15) is 4.79 Å². The molecule has 1 N–H and O–H groups in total. The van der Waals surface area contributed by atoms with Crippen molar-refractivity contribution >= 4 is 11.5 Å². The Labute approximate surface area is 70.8 Å². The van der Waals surface area contributed by atoms with Gasteiger partial charge in [-0.1, -0.05) is 5.16 Å². The smallest absolute Gasteiger partial charge is 0.184 e. The van der Waals surface area contributed by atoms with E-state index >= 15 is 0 Å². The van der Waals surface area contributed by atoms with Gasteiger partial charge in [0.2, 0.25) is 0 Å². The molecule has 3 saturated heterocycles. The first-order valence-corrected chi connectivity index (χ1v) is 4.29. The number of hydrogen-bond acceptors (Lipinski definition) is 4. The summed E-state index contributed by atoms with van der Waals surface area (Å²) in [6.07, 6.45) is 1.86. The normalized spacial score (nSPS) is 38.7. The number of fused-ring (bicyclic) bond motifs is 4.